The summed E-state index contributed by atoms with van der Waals surface area (Å²) in [5.74, 6) is 0. The van der Waals surface area contributed by atoms with Crippen LogP contribution in [0.3, 0.4) is 0 Å². The summed E-state index contributed by atoms with van der Waals surface area (Å²) in [6.45, 7) is 0. The Balaban J connectivity index is 1.52. The minimum absolute atomic E-state index is 0.828. The third kappa shape index (κ3) is 3.69. The van der Waals surface area contributed by atoms with Crippen molar-refractivity contribution in [2.45, 2.75) is 0 Å². The Morgan fingerprint density at radius 3 is 1.37 bits per heavy atom. The molecule has 5 heterocycles. The van der Waals surface area contributed by atoms with Gasteiger partial charge in [-0.15, -0.1) is 0 Å². The summed E-state index contributed by atoms with van der Waals surface area (Å²) in [6.07, 6.45) is 7.17. The zero-order chi connectivity index (χ0) is 20.2. The minimum Gasteiger partial charge on any atom is -0.263 e. The van der Waals surface area contributed by atoms with Crippen molar-refractivity contribution in [2.24, 2.45) is 0 Å². The van der Waals surface area contributed by atoms with E-state index in [2.05, 4.69) is 21.0 Å². The normalized spacial score (nSPS) is 10.7. The van der Waals surface area contributed by atoms with Crippen LogP contribution in [0.5, 0.6) is 0 Å². The molecule has 0 N–H and O–H groups in total. The Bertz CT molecular complexity index is 1190. The molecular weight excluding hydrogens is 370 g/mol. The Kier molecular flexibility index (Phi) is 4.76. The second kappa shape index (κ2) is 8.01. The first-order chi connectivity index (χ1) is 14.9. The molecule has 0 bridgehead atoms. The molecule has 0 fully saturated rings. The maximum Gasteiger partial charge on any atom is 0.0893 e. The van der Waals surface area contributed by atoms with E-state index in [0.29, 0.717) is 0 Å². The van der Waals surface area contributed by atoms with Crippen LogP contribution < -0.4 is 0 Å². The average molecular weight is 387 g/mol. The van der Waals surface area contributed by atoms with E-state index in [1.807, 2.05) is 85.2 Å². The molecule has 0 amide bonds. The highest BCUT2D eigenvalue weighted by atomic mass is 14.8. The fourth-order valence-electron chi connectivity index (χ4n) is 3.22. The van der Waals surface area contributed by atoms with Crippen molar-refractivity contribution < 1.29 is 0 Å². The molecule has 5 aromatic rings. The molecule has 5 rings (SSSR count). The van der Waals surface area contributed by atoms with Gasteiger partial charge in [0, 0.05) is 35.9 Å². The van der Waals surface area contributed by atoms with Crippen molar-refractivity contribution in [1.29, 1.82) is 0 Å². The molecule has 0 unspecified atom stereocenters. The lowest BCUT2D eigenvalue weighted by Crippen LogP contribution is -1.93. The number of pyridine rings is 5. The van der Waals surface area contributed by atoms with Crippen LogP contribution in [0.4, 0.5) is 0 Å². The summed E-state index contributed by atoms with van der Waals surface area (Å²) in [5, 5.41) is 0. The zero-order valence-electron chi connectivity index (χ0n) is 16.1. The van der Waals surface area contributed by atoms with E-state index in [9.17, 15) is 0 Å². The second-order valence-electron chi connectivity index (χ2n) is 6.71. The standard InChI is InChI=1S/C25H17N5/c1-3-13-27-22(7-1)24-11-5-9-20(29-24)18-15-19(17-26-16-18)21-10-6-12-25(30-21)23-8-2-4-14-28-23/h1-17H. The van der Waals surface area contributed by atoms with Gasteiger partial charge in [-0.05, 0) is 54.6 Å². The van der Waals surface area contributed by atoms with Crippen LogP contribution in [0, 0.1) is 0 Å². The van der Waals surface area contributed by atoms with Gasteiger partial charge in [-0.2, -0.15) is 0 Å². The highest BCUT2D eigenvalue weighted by Crippen LogP contribution is 2.26. The van der Waals surface area contributed by atoms with Crippen LogP contribution in [0.2, 0.25) is 0 Å². The topological polar surface area (TPSA) is 64.5 Å². The van der Waals surface area contributed by atoms with Crippen molar-refractivity contribution >= 4 is 0 Å². The minimum atomic E-state index is 0.828. The van der Waals surface area contributed by atoms with Gasteiger partial charge in [0.05, 0.1) is 34.2 Å². The number of aromatic nitrogens is 5. The predicted octanol–water partition coefficient (Wildman–Crippen LogP) is 5.33. The third-order valence-electron chi connectivity index (χ3n) is 4.68. The SMILES string of the molecule is c1ccc(-c2cccc(-c3cncc(-c4cccc(-c5ccccn5)n4)c3)n2)nc1. The molecule has 0 atom stereocenters. The zero-order valence-corrected chi connectivity index (χ0v) is 16.1. The lowest BCUT2D eigenvalue weighted by Gasteiger charge is -2.07. The van der Waals surface area contributed by atoms with Gasteiger partial charge in [-0.1, -0.05) is 24.3 Å². The molecule has 0 aliphatic heterocycles. The van der Waals surface area contributed by atoms with Gasteiger partial charge in [0.15, 0.2) is 0 Å². The quantitative estimate of drug-likeness (QED) is 0.417. The largest absolute Gasteiger partial charge is 0.263 e. The lowest BCUT2D eigenvalue weighted by atomic mass is 10.1. The third-order valence-corrected chi connectivity index (χ3v) is 4.68. The monoisotopic (exact) mass is 387 g/mol. The summed E-state index contributed by atoms with van der Waals surface area (Å²) in [6, 6.07) is 25.5. The summed E-state index contributed by atoms with van der Waals surface area (Å²) >= 11 is 0. The van der Waals surface area contributed by atoms with Gasteiger partial charge in [0.25, 0.3) is 0 Å². The average Bonchev–Trinajstić information content (AvgIpc) is 2.85. The Labute approximate surface area is 174 Å². The molecule has 0 spiro atoms. The number of hydrogen-bond donors (Lipinski definition) is 0. The highest BCUT2D eigenvalue weighted by Gasteiger charge is 2.08. The molecule has 5 aromatic heterocycles. The van der Waals surface area contributed by atoms with Crippen LogP contribution >= 0.6 is 0 Å². The van der Waals surface area contributed by atoms with E-state index < -0.39 is 0 Å². The van der Waals surface area contributed by atoms with E-state index in [1.54, 1.807) is 12.4 Å². The van der Waals surface area contributed by atoms with Crippen molar-refractivity contribution in [2.75, 3.05) is 0 Å². The van der Waals surface area contributed by atoms with Crippen LogP contribution in [-0.2, 0) is 0 Å². The molecule has 5 nitrogen and oxygen atoms in total. The molecular formula is C25H17N5. The second-order valence-corrected chi connectivity index (χ2v) is 6.71. The van der Waals surface area contributed by atoms with Gasteiger partial charge >= 0.3 is 0 Å². The van der Waals surface area contributed by atoms with Crippen molar-refractivity contribution in [3.8, 4) is 45.3 Å². The predicted molar refractivity (Wildman–Crippen MR) is 117 cm³/mol. The molecule has 5 heteroatoms. The molecule has 142 valence electrons. The first-order valence-corrected chi connectivity index (χ1v) is 9.59. The van der Waals surface area contributed by atoms with Crippen molar-refractivity contribution in [3.05, 3.63) is 104 Å². The Morgan fingerprint density at radius 2 is 0.900 bits per heavy atom. The summed E-state index contributed by atoms with van der Waals surface area (Å²) in [4.78, 5) is 22.8. The van der Waals surface area contributed by atoms with Crippen LogP contribution in [0.15, 0.2) is 104 Å². The summed E-state index contributed by atoms with van der Waals surface area (Å²) < 4.78 is 0. The van der Waals surface area contributed by atoms with Gasteiger partial charge in [0.2, 0.25) is 0 Å². The summed E-state index contributed by atoms with van der Waals surface area (Å²) in [5.41, 5.74) is 6.87. The maximum atomic E-state index is 4.78. The number of rotatable bonds is 4. The van der Waals surface area contributed by atoms with E-state index in [1.165, 1.54) is 0 Å². The lowest BCUT2D eigenvalue weighted by molar-refractivity contribution is 1.22. The molecule has 0 aliphatic carbocycles. The van der Waals surface area contributed by atoms with Crippen LogP contribution in [0.1, 0.15) is 0 Å². The van der Waals surface area contributed by atoms with E-state index in [-0.39, 0.29) is 0 Å². The van der Waals surface area contributed by atoms with E-state index >= 15 is 0 Å². The fraction of sp³-hybridized carbons (Fsp3) is 0. The Hall–Kier alpha value is -4.25. The first-order valence-electron chi connectivity index (χ1n) is 9.59. The maximum absolute atomic E-state index is 4.78. The number of nitrogens with zero attached hydrogens (tertiary/aromatic N) is 5. The molecule has 30 heavy (non-hydrogen) atoms. The first kappa shape index (κ1) is 17.8. The van der Waals surface area contributed by atoms with Crippen molar-refractivity contribution in [1.82, 2.24) is 24.9 Å². The summed E-state index contributed by atoms with van der Waals surface area (Å²) in [7, 11) is 0. The van der Waals surface area contributed by atoms with Crippen molar-refractivity contribution in [3.63, 3.8) is 0 Å². The molecule has 0 radical (unpaired) electrons. The van der Waals surface area contributed by atoms with Gasteiger partial charge in [-0.3, -0.25) is 15.0 Å². The van der Waals surface area contributed by atoms with E-state index in [4.69, 9.17) is 9.97 Å². The fourth-order valence-corrected chi connectivity index (χ4v) is 3.22. The van der Waals surface area contributed by atoms with Gasteiger partial charge in [-0.25, -0.2) is 9.97 Å². The molecule has 0 aromatic carbocycles. The van der Waals surface area contributed by atoms with Gasteiger partial charge in [0.1, 0.15) is 0 Å². The highest BCUT2D eigenvalue weighted by molar-refractivity contribution is 5.71. The molecule has 0 saturated carbocycles. The van der Waals surface area contributed by atoms with Crippen LogP contribution in [0.25, 0.3) is 45.3 Å². The van der Waals surface area contributed by atoms with E-state index in [0.717, 1.165) is 45.3 Å². The van der Waals surface area contributed by atoms with Gasteiger partial charge < -0.3 is 0 Å². The van der Waals surface area contributed by atoms with Crippen LogP contribution in [-0.4, -0.2) is 24.9 Å². The molecule has 0 saturated heterocycles. The molecule has 0 aliphatic rings. The Morgan fingerprint density at radius 1 is 0.433 bits per heavy atom. The number of hydrogen-bond acceptors (Lipinski definition) is 5. The smallest absolute Gasteiger partial charge is 0.0893 e.